The summed E-state index contributed by atoms with van der Waals surface area (Å²) in [7, 11) is 0. The van der Waals surface area contributed by atoms with Crippen LogP contribution in [-0.4, -0.2) is 23.9 Å². The van der Waals surface area contributed by atoms with Gasteiger partial charge in [-0.15, -0.1) is 6.58 Å². The molecule has 1 aliphatic heterocycles. The number of amides is 1. The molecule has 3 heteroatoms. The fourth-order valence-corrected chi connectivity index (χ4v) is 2.35. The zero-order valence-corrected chi connectivity index (χ0v) is 10.5. The van der Waals surface area contributed by atoms with Gasteiger partial charge in [-0.1, -0.05) is 29.8 Å². The molecule has 17 heavy (non-hydrogen) atoms. The maximum Gasteiger partial charge on any atom is 0.223 e. The summed E-state index contributed by atoms with van der Waals surface area (Å²) in [6.45, 7) is 5.32. The van der Waals surface area contributed by atoms with E-state index in [2.05, 4.69) is 6.58 Å². The Morgan fingerprint density at radius 3 is 3.00 bits per heavy atom. The number of benzene rings is 1. The Labute approximate surface area is 107 Å². The first-order chi connectivity index (χ1) is 8.19. The monoisotopic (exact) mass is 249 g/mol. The standard InChI is InChI=1S/C14H16ClNO/c1-2-11-9-14(17)16(10-11)7-6-12-4-3-5-13(15)8-12/h2-5,8,11H,1,6-7,9-10H2. The van der Waals surface area contributed by atoms with Crippen molar-refractivity contribution < 1.29 is 4.79 Å². The van der Waals surface area contributed by atoms with E-state index in [9.17, 15) is 4.79 Å². The van der Waals surface area contributed by atoms with Gasteiger partial charge in [-0.2, -0.15) is 0 Å². The van der Waals surface area contributed by atoms with Gasteiger partial charge in [0.25, 0.3) is 0 Å². The molecule has 2 nitrogen and oxygen atoms in total. The summed E-state index contributed by atoms with van der Waals surface area (Å²) in [4.78, 5) is 13.6. The molecule has 1 atom stereocenters. The third-order valence-electron chi connectivity index (χ3n) is 3.14. The molecule has 1 aromatic rings. The maximum atomic E-state index is 11.7. The highest BCUT2D eigenvalue weighted by molar-refractivity contribution is 6.30. The minimum atomic E-state index is 0.233. The van der Waals surface area contributed by atoms with Crippen molar-refractivity contribution in [1.29, 1.82) is 0 Å². The van der Waals surface area contributed by atoms with E-state index >= 15 is 0 Å². The smallest absolute Gasteiger partial charge is 0.223 e. The number of likely N-dealkylation sites (tertiary alicyclic amines) is 1. The van der Waals surface area contributed by atoms with Crippen molar-refractivity contribution in [2.45, 2.75) is 12.8 Å². The van der Waals surface area contributed by atoms with Crippen molar-refractivity contribution in [3.63, 3.8) is 0 Å². The summed E-state index contributed by atoms with van der Waals surface area (Å²) >= 11 is 5.92. The van der Waals surface area contributed by atoms with Gasteiger partial charge >= 0.3 is 0 Å². The number of rotatable bonds is 4. The third-order valence-corrected chi connectivity index (χ3v) is 3.37. The van der Waals surface area contributed by atoms with Crippen LogP contribution in [0, 0.1) is 5.92 Å². The summed E-state index contributed by atoms with van der Waals surface area (Å²) in [5.41, 5.74) is 1.17. The lowest BCUT2D eigenvalue weighted by Gasteiger charge is -2.15. The van der Waals surface area contributed by atoms with Crippen molar-refractivity contribution in [2.75, 3.05) is 13.1 Å². The Morgan fingerprint density at radius 2 is 2.35 bits per heavy atom. The van der Waals surface area contributed by atoms with Crippen LogP contribution in [0.5, 0.6) is 0 Å². The molecule has 0 radical (unpaired) electrons. The first-order valence-corrected chi connectivity index (χ1v) is 6.21. The SMILES string of the molecule is C=CC1CC(=O)N(CCc2cccc(Cl)c2)C1. The van der Waals surface area contributed by atoms with Crippen LogP contribution < -0.4 is 0 Å². The number of nitrogens with zero attached hydrogens (tertiary/aromatic N) is 1. The molecule has 1 saturated heterocycles. The molecule has 1 aliphatic rings. The fraction of sp³-hybridized carbons (Fsp3) is 0.357. The molecule has 0 spiro atoms. The molecular weight excluding hydrogens is 234 g/mol. The van der Waals surface area contributed by atoms with Gasteiger partial charge in [0.1, 0.15) is 0 Å². The van der Waals surface area contributed by atoms with Gasteiger partial charge in [0, 0.05) is 30.5 Å². The summed E-state index contributed by atoms with van der Waals surface area (Å²) in [5, 5.41) is 0.749. The lowest BCUT2D eigenvalue weighted by molar-refractivity contribution is -0.127. The summed E-state index contributed by atoms with van der Waals surface area (Å²) < 4.78 is 0. The maximum absolute atomic E-state index is 11.7. The predicted octanol–water partition coefficient (Wildman–Crippen LogP) is 2.92. The normalized spacial score (nSPS) is 19.7. The molecule has 1 unspecified atom stereocenters. The molecular formula is C14H16ClNO. The van der Waals surface area contributed by atoms with Crippen LogP contribution in [-0.2, 0) is 11.2 Å². The van der Waals surface area contributed by atoms with E-state index in [1.807, 2.05) is 35.2 Å². The molecule has 1 aromatic carbocycles. The van der Waals surface area contributed by atoms with E-state index in [4.69, 9.17) is 11.6 Å². The first-order valence-electron chi connectivity index (χ1n) is 5.84. The van der Waals surface area contributed by atoms with Crippen LogP contribution in [0.15, 0.2) is 36.9 Å². The van der Waals surface area contributed by atoms with Crippen LogP contribution in [0.25, 0.3) is 0 Å². The second-order valence-electron chi connectivity index (χ2n) is 4.42. The summed E-state index contributed by atoms with van der Waals surface area (Å²) in [5.74, 6) is 0.554. The average molecular weight is 250 g/mol. The van der Waals surface area contributed by atoms with E-state index in [0.717, 1.165) is 24.5 Å². The largest absolute Gasteiger partial charge is 0.342 e. The first kappa shape index (κ1) is 12.2. The van der Waals surface area contributed by atoms with Gasteiger partial charge in [-0.3, -0.25) is 4.79 Å². The number of hydrogen-bond acceptors (Lipinski definition) is 1. The van der Waals surface area contributed by atoms with Gasteiger partial charge in [0.2, 0.25) is 5.91 Å². The Morgan fingerprint density at radius 1 is 1.53 bits per heavy atom. The molecule has 1 fully saturated rings. The molecule has 2 rings (SSSR count). The highest BCUT2D eigenvalue weighted by Gasteiger charge is 2.26. The van der Waals surface area contributed by atoms with Crippen LogP contribution >= 0.6 is 11.6 Å². The number of carbonyl (C=O) groups excluding carboxylic acids is 1. The van der Waals surface area contributed by atoms with E-state index < -0.39 is 0 Å². The molecule has 0 N–H and O–H groups in total. The quantitative estimate of drug-likeness (QED) is 0.752. The van der Waals surface area contributed by atoms with Gasteiger partial charge in [-0.05, 0) is 24.1 Å². The number of halogens is 1. The average Bonchev–Trinajstić information content (AvgIpc) is 2.68. The van der Waals surface area contributed by atoms with Crippen LogP contribution in [0.3, 0.4) is 0 Å². The Bertz CT molecular complexity index is 430. The molecule has 1 amide bonds. The highest BCUT2D eigenvalue weighted by atomic mass is 35.5. The van der Waals surface area contributed by atoms with E-state index in [0.29, 0.717) is 12.3 Å². The Kier molecular flexibility index (Phi) is 3.85. The van der Waals surface area contributed by atoms with Gasteiger partial charge in [-0.25, -0.2) is 0 Å². The van der Waals surface area contributed by atoms with Crippen LogP contribution in [0.1, 0.15) is 12.0 Å². The Hall–Kier alpha value is -1.28. The second kappa shape index (κ2) is 5.37. The highest BCUT2D eigenvalue weighted by Crippen LogP contribution is 2.19. The van der Waals surface area contributed by atoms with Crippen molar-refractivity contribution in [2.24, 2.45) is 5.92 Å². The lowest BCUT2D eigenvalue weighted by atomic mass is 10.1. The van der Waals surface area contributed by atoms with Crippen molar-refractivity contribution in [3.05, 3.63) is 47.5 Å². The van der Waals surface area contributed by atoms with Gasteiger partial charge in [0.05, 0.1) is 0 Å². The minimum Gasteiger partial charge on any atom is -0.342 e. The van der Waals surface area contributed by atoms with Crippen LogP contribution in [0.4, 0.5) is 0 Å². The number of carbonyl (C=O) groups is 1. The molecule has 0 aromatic heterocycles. The second-order valence-corrected chi connectivity index (χ2v) is 4.86. The molecule has 0 bridgehead atoms. The Balaban J connectivity index is 1.90. The van der Waals surface area contributed by atoms with Gasteiger partial charge in [0.15, 0.2) is 0 Å². The lowest BCUT2D eigenvalue weighted by Crippen LogP contribution is -2.27. The molecule has 1 heterocycles. The zero-order chi connectivity index (χ0) is 12.3. The van der Waals surface area contributed by atoms with Gasteiger partial charge < -0.3 is 4.90 Å². The zero-order valence-electron chi connectivity index (χ0n) is 9.73. The van der Waals surface area contributed by atoms with E-state index in [1.165, 1.54) is 5.56 Å². The van der Waals surface area contributed by atoms with Crippen molar-refractivity contribution in [3.8, 4) is 0 Å². The fourth-order valence-electron chi connectivity index (χ4n) is 2.13. The summed E-state index contributed by atoms with van der Waals surface area (Å²) in [6.07, 6.45) is 3.34. The van der Waals surface area contributed by atoms with Crippen molar-refractivity contribution in [1.82, 2.24) is 4.90 Å². The topological polar surface area (TPSA) is 20.3 Å². The predicted molar refractivity (Wildman–Crippen MR) is 70.0 cm³/mol. The molecule has 0 aliphatic carbocycles. The number of hydrogen-bond donors (Lipinski definition) is 0. The third kappa shape index (κ3) is 3.10. The minimum absolute atomic E-state index is 0.233. The molecule has 0 saturated carbocycles. The summed E-state index contributed by atoms with van der Waals surface area (Å²) in [6, 6.07) is 7.79. The molecule has 90 valence electrons. The van der Waals surface area contributed by atoms with Crippen LogP contribution in [0.2, 0.25) is 5.02 Å². The van der Waals surface area contributed by atoms with E-state index in [1.54, 1.807) is 0 Å². The van der Waals surface area contributed by atoms with E-state index in [-0.39, 0.29) is 5.91 Å². The van der Waals surface area contributed by atoms with Crippen molar-refractivity contribution >= 4 is 17.5 Å².